The molecule has 0 atom stereocenters. The van der Waals surface area contributed by atoms with Crippen LogP contribution in [0.3, 0.4) is 0 Å². The van der Waals surface area contributed by atoms with Crippen molar-refractivity contribution < 1.29 is 4.79 Å². The quantitative estimate of drug-likeness (QED) is 0.837. The van der Waals surface area contributed by atoms with Crippen LogP contribution in [0.1, 0.15) is 26.0 Å². The Morgan fingerprint density at radius 2 is 2.19 bits per heavy atom. The molecule has 0 unspecified atom stereocenters. The first-order valence-electron chi connectivity index (χ1n) is 5.00. The number of nitrogens with zero attached hydrogens (tertiary/aromatic N) is 1. The molecule has 0 aliphatic carbocycles. The van der Waals surface area contributed by atoms with Gasteiger partial charge in [-0.15, -0.1) is 0 Å². The van der Waals surface area contributed by atoms with E-state index in [0.29, 0.717) is 0 Å². The number of carbonyl (C=O) groups excluding carboxylic acids is 1. The summed E-state index contributed by atoms with van der Waals surface area (Å²) in [7, 11) is 0. The van der Waals surface area contributed by atoms with Crippen LogP contribution in [0.2, 0.25) is 0 Å². The molecule has 1 heterocycles. The van der Waals surface area contributed by atoms with Gasteiger partial charge in [0.25, 0.3) is 0 Å². The van der Waals surface area contributed by atoms with Gasteiger partial charge in [0.2, 0.25) is 5.91 Å². The summed E-state index contributed by atoms with van der Waals surface area (Å²) in [5.41, 5.74) is 6.76. The lowest BCUT2D eigenvalue weighted by Crippen LogP contribution is -2.36. The van der Waals surface area contributed by atoms with Gasteiger partial charge in [-0.2, -0.15) is 0 Å². The van der Waals surface area contributed by atoms with E-state index in [0.717, 1.165) is 16.0 Å². The molecule has 1 amide bonds. The summed E-state index contributed by atoms with van der Waals surface area (Å²) in [6, 6.07) is 3.60. The Bertz CT molecular complexity index is 399. The first kappa shape index (κ1) is 13.1. The molecule has 0 bridgehead atoms. The van der Waals surface area contributed by atoms with E-state index < -0.39 is 5.54 Å². The molecule has 3 N–H and O–H groups in total. The molecular weight excluding hydrogens is 270 g/mol. The van der Waals surface area contributed by atoms with Gasteiger partial charge >= 0.3 is 0 Å². The monoisotopic (exact) mass is 285 g/mol. The van der Waals surface area contributed by atoms with Crippen molar-refractivity contribution in [2.24, 2.45) is 5.73 Å². The summed E-state index contributed by atoms with van der Waals surface area (Å²) in [5, 5.41) is 2.79. The lowest BCUT2D eigenvalue weighted by atomic mass is 10.0. The maximum Gasteiger partial charge on any atom is 0.226 e. The molecule has 16 heavy (non-hydrogen) atoms. The number of aryl methyl sites for hydroxylation is 1. The summed E-state index contributed by atoms with van der Waals surface area (Å²) < 4.78 is 0.752. The summed E-state index contributed by atoms with van der Waals surface area (Å²) >= 11 is 3.27. The van der Waals surface area contributed by atoms with Crippen LogP contribution in [0, 0.1) is 6.92 Å². The van der Waals surface area contributed by atoms with Crippen molar-refractivity contribution in [3.63, 3.8) is 0 Å². The lowest BCUT2D eigenvalue weighted by Gasteiger charge is -2.17. The topological polar surface area (TPSA) is 68.0 Å². The molecular formula is C11H16BrN3O. The van der Waals surface area contributed by atoms with Gasteiger partial charge in [0.1, 0.15) is 4.60 Å². The van der Waals surface area contributed by atoms with Gasteiger partial charge in [-0.05, 0) is 48.8 Å². The summed E-state index contributed by atoms with van der Waals surface area (Å²) in [4.78, 5) is 15.8. The first-order chi connectivity index (χ1) is 7.28. The number of halogens is 1. The second-order valence-electron chi connectivity index (χ2n) is 4.48. The molecule has 1 aromatic rings. The molecule has 0 aliphatic heterocycles. The van der Waals surface area contributed by atoms with Crippen LogP contribution in [-0.4, -0.2) is 16.4 Å². The van der Waals surface area contributed by atoms with Crippen LogP contribution in [0.25, 0.3) is 0 Å². The number of rotatable bonds is 3. The molecule has 0 aliphatic rings. The molecule has 0 aromatic carbocycles. The van der Waals surface area contributed by atoms with Gasteiger partial charge in [0.05, 0.1) is 11.4 Å². The molecule has 1 aromatic heterocycles. The van der Waals surface area contributed by atoms with Crippen LogP contribution in [0.4, 0.5) is 5.69 Å². The van der Waals surface area contributed by atoms with Gasteiger partial charge in [-0.1, -0.05) is 0 Å². The van der Waals surface area contributed by atoms with E-state index in [1.165, 1.54) is 0 Å². The van der Waals surface area contributed by atoms with Crippen molar-refractivity contribution in [3.05, 3.63) is 22.4 Å². The van der Waals surface area contributed by atoms with E-state index in [1.807, 2.05) is 26.8 Å². The highest BCUT2D eigenvalue weighted by Gasteiger charge is 2.16. The second-order valence-corrected chi connectivity index (χ2v) is 5.29. The summed E-state index contributed by atoms with van der Waals surface area (Å²) in [6.07, 6.45) is 0.280. The average molecular weight is 286 g/mol. The average Bonchev–Trinajstić information content (AvgIpc) is 2.06. The third-order valence-electron chi connectivity index (χ3n) is 1.94. The lowest BCUT2D eigenvalue weighted by molar-refractivity contribution is -0.117. The normalized spacial score (nSPS) is 11.3. The number of nitrogens with one attached hydrogen (secondary N) is 1. The second kappa shape index (κ2) is 4.93. The maximum absolute atomic E-state index is 11.6. The predicted octanol–water partition coefficient (Wildman–Crippen LogP) is 2.22. The largest absolute Gasteiger partial charge is 0.325 e. The SMILES string of the molecule is Cc1nc(Br)ccc1NC(=O)CC(C)(C)N. The predicted molar refractivity (Wildman–Crippen MR) is 68.2 cm³/mol. The van der Waals surface area contributed by atoms with E-state index in [9.17, 15) is 4.79 Å². The number of hydrogen-bond donors (Lipinski definition) is 2. The van der Waals surface area contributed by atoms with Crippen LogP contribution in [-0.2, 0) is 4.79 Å². The number of pyridine rings is 1. The van der Waals surface area contributed by atoms with Gasteiger partial charge < -0.3 is 11.1 Å². The number of carbonyl (C=O) groups is 1. The van der Waals surface area contributed by atoms with Crippen LogP contribution < -0.4 is 11.1 Å². The Morgan fingerprint density at radius 3 is 2.69 bits per heavy atom. The number of aromatic nitrogens is 1. The summed E-state index contributed by atoms with van der Waals surface area (Å²) in [6.45, 7) is 5.48. The van der Waals surface area contributed by atoms with Crippen molar-refractivity contribution in [2.75, 3.05) is 5.32 Å². The van der Waals surface area contributed by atoms with Crippen molar-refractivity contribution in [1.29, 1.82) is 0 Å². The molecule has 0 fully saturated rings. The van der Waals surface area contributed by atoms with Gasteiger partial charge in [0, 0.05) is 12.0 Å². The molecule has 0 saturated heterocycles. The zero-order chi connectivity index (χ0) is 12.3. The Balaban J connectivity index is 2.70. The minimum absolute atomic E-state index is 0.0975. The molecule has 4 nitrogen and oxygen atoms in total. The number of nitrogens with two attached hydrogens (primary N) is 1. The van der Waals surface area contributed by atoms with Crippen LogP contribution in [0.15, 0.2) is 16.7 Å². The standard InChI is InChI=1S/C11H16BrN3O/c1-7-8(4-5-9(12)14-7)15-10(16)6-11(2,3)13/h4-5H,6,13H2,1-3H3,(H,15,16). The van der Waals surface area contributed by atoms with E-state index in [1.54, 1.807) is 6.07 Å². The van der Waals surface area contributed by atoms with Gasteiger partial charge in [0.15, 0.2) is 0 Å². The highest BCUT2D eigenvalue weighted by atomic mass is 79.9. The number of anilines is 1. The Morgan fingerprint density at radius 1 is 1.56 bits per heavy atom. The minimum Gasteiger partial charge on any atom is -0.325 e. The molecule has 88 valence electrons. The van der Waals surface area contributed by atoms with Crippen molar-refractivity contribution in [1.82, 2.24) is 4.98 Å². The van der Waals surface area contributed by atoms with Crippen molar-refractivity contribution >= 4 is 27.5 Å². The fourth-order valence-electron chi connectivity index (χ4n) is 1.27. The Hall–Kier alpha value is -0.940. The number of hydrogen-bond acceptors (Lipinski definition) is 3. The summed E-state index contributed by atoms with van der Waals surface area (Å²) in [5.74, 6) is -0.0975. The fraction of sp³-hybridized carbons (Fsp3) is 0.455. The van der Waals surface area contributed by atoms with Crippen molar-refractivity contribution in [3.8, 4) is 0 Å². The Kier molecular flexibility index (Phi) is 4.04. The maximum atomic E-state index is 11.6. The minimum atomic E-state index is -0.499. The van der Waals surface area contributed by atoms with Crippen molar-refractivity contribution in [2.45, 2.75) is 32.7 Å². The van der Waals surface area contributed by atoms with E-state index in [-0.39, 0.29) is 12.3 Å². The zero-order valence-corrected chi connectivity index (χ0v) is 11.3. The van der Waals surface area contributed by atoms with Crippen LogP contribution >= 0.6 is 15.9 Å². The molecule has 0 spiro atoms. The fourth-order valence-corrected chi connectivity index (χ4v) is 1.67. The third-order valence-corrected chi connectivity index (χ3v) is 2.38. The smallest absolute Gasteiger partial charge is 0.226 e. The third kappa shape index (κ3) is 4.28. The highest BCUT2D eigenvalue weighted by molar-refractivity contribution is 9.10. The zero-order valence-electron chi connectivity index (χ0n) is 9.67. The van der Waals surface area contributed by atoms with Gasteiger partial charge in [-0.25, -0.2) is 4.98 Å². The van der Waals surface area contributed by atoms with E-state index >= 15 is 0 Å². The van der Waals surface area contributed by atoms with E-state index in [2.05, 4.69) is 26.2 Å². The molecule has 5 heteroatoms. The number of amides is 1. The van der Waals surface area contributed by atoms with Crippen LogP contribution in [0.5, 0.6) is 0 Å². The first-order valence-corrected chi connectivity index (χ1v) is 5.79. The highest BCUT2D eigenvalue weighted by Crippen LogP contribution is 2.17. The van der Waals surface area contributed by atoms with E-state index in [4.69, 9.17) is 5.73 Å². The van der Waals surface area contributed by atoms with Gasteiger partial charge in [-0.3, -0.25) is 4.79 Å². The molecule has 1 rings (SSSR count). The Labute approximate surface area is 104 Å². The molecule has 0 saturated carbocycles. The molecule has 0 radical (unpaired) electrons.